The van der Waals surface area contributed by atoms with Crippen LogP contribution in [0.25, 0.3) is 0 Å². The molecule has 6 aliphatic rings. The van der Waals surface area contributed by atoms with Crippen molar-refractivity contribution in [1.29, 1.82) is 0 Å². The van der Waals surface area contributed by atoms with Crippen molar-refractivity contribution in [2.75, 3.05) is 6.61 Å². The zero-order chi connectivity index (χ0) is 24.8. The average molecular weight is 475 g/mol. The Morgan fingerprint density at radius 3 is 2.12 bits per heavy atom. The highest BCUT2D eigenvalue weighted by molar-refractivity contribution is 5.29. The maximum absolute atomic E-state index is 11.9. The van der Waals surface area contributed by atoms with E-state index in [1.807, 2.05) is 0 Å². The Kier molecular flexibility index (Phi) is 4.59. The van der Waals surface area contributed by atoms with Gasteiger partial charge in [-0.05, 0) is 91.3 Å². The lowest BCUT2D eigenvalue weighted by molar-refractivity contribution is -0.355. The number of hydrogen-bond acceptors (Lipinski definition) is 4. The summed E-state index contributed by atoms with van der Waals surface area (Å²) in [6.07, 6.45) is 9.55. The van der Waals surface area contributed by atoms with E-state index < -0.39 is 11.2 Å². The molecule has 1 heterocycles. The van der Waals surface area contributed by atoms with Gasteiger partial charge in [-0.1, -0.05) is 48.5 Å². The number of hydrogen-bond donors (Lipinski definition) is 3. The monoisotopic (exact) mass is 474 g/mol. The van der Waals surface area contributed by atoms with Crippen LogP contribution in [0.3, 0.4) is 0 Å². The first kappa shape index (κ1) is 24.2. The molecule has 4 nitrogen and oxygen atoms in total. The zero-order valence-electron chi connectivity index (χ0n) is 22.8. The van der Waals surface area contributed by atoms with Crippen LogP contribution >= 0.6 is 0 Å². The van der Waals surface area contributed by atoms with Gasteiger partial charge in [-0.3, -0.25) is 0 Å². The van der Waals surface area contributed by atoms with Crippen molar-refractivity contribution in [3.8, 4) is 0 Å². The van der Waals surface area contributed by atoms with E-state index in [0.717, 1.165) is 51.4 Å². The standard InChI is InChI=1S/C30H50O4/c1-23(2)14-15-28-18-34-29(21(28)16-23)13-9-20-25(5)11-10-22(31)24(3,4)19(25)8-12-26(20,6)27(29,7)17-30(28,32)33/h19-22,31-33H,8-18H2,1-7H3/t19?,20?,21?,22?,25-,26+,27-,28+,29-/m0/s1. The van der Waals surface area contributed by atoms with E-state index >= 15 is 0 Å². The van der Waals surface area contributed by atoms with Gasteiger partial charge in [0.2, 0.25) is 0 Å². The molecule has 6 fully saturated rings. The van der Waals surface area contributed by atoms with Crippen LogP contribution < -0.4 is 0 Å². The van der Waals surface area contributed by atoms with Gasteiger partial charge in [0.15, 0.2) is 5.79 Å². The van der Waals surface area contributed by atoms with Gasteiger partial charge in [0.1, 0.15) is 0 Å². The molecule has 6 rings (SSSR count). The number of aliphatic hydroxyl groups is 3. The maximum atomic E-state index is 11.9. The van der Waals surface area contributed by atoms with Gasteiger partial charge in [0.05, 0.1) is 23.7 Å². The molecule has 1 aliphatic heterocycles. The largest absolute Gasteiger partial charge is 0.393 e. The molecule has 3 N–H and O–H groups in total. The number of fused-ring (bicyclic) bond motifs is 4. The quantitative estimate of drug-likeness (QED) is 0.396. The third-order valence-corrected chi connectivity index (χ3v) is 14.2. The molecule has 0 aromatic rings. The van der Waals surface area contributed by atoms with E-state index in [0.29, 0.717) is 24.9 Å². The summed E-state index contributed by atoms with van der Waals surface area (Å²) < 4.78 is 7.02. The Bertz CT molecular complexity index is 894. The molecule has 34 heavy (non-hydrogen) atoms. The number of ether oxygens (including phenoxy) is 1. The molecule has 1 spiro atoms. The van der Waals surface area contributed by atoms with Gasteiger partial charge in [-0.2, -0.15) is 0 Å². The first-order chi connectivity index (χ1) is 15.5. The van der Waals surface area contributed by atoms with Crippen LogP contribution in [0, 0.1) is 50.2 Å². The highest BCUT2D eigenvalue weighted by Gasteiger charge is 2.82. The highest BCUT2D eigenvalue weighted by Crippen LogP contribution is 2.81. The topological polar surface area (TPSA) is 69.9 Å². The molecule has 2 bridgehead atoms. The maximum Gasteiger partial charge on any atom is 0.171 e. The highest BCUT2D eigenvalue weighted by atomic mass is 16.5. The summed E-state index contributed by atoms with van der Waals surface area (Å²) in [5.41, 5.74) is -0.731. The van der Waals surface area contributed by atoms with Crippen molar-refractivity contribution in [3.05, 3.63) is 0 Å². The van der Waals surface area contributed by atoms with Gasteiger partial charge >= 0.3 is 0 Å². The molecule has 4 unspecified atom stereocenters. The Labute approximate surface area is 207 Å². The first-order valence-corrected chi connectivity index (χ1v) is 14.3. The zero-order valence-corrected chi connectivity index (χ0v) is 22.8. The number of rotatable bonds is 0. The van der Waals surface area contributed by atoms with Crippen LogP contribution in [0.15, 0.2) is 0 Å². The molecular formula is C30H50O4. The number of aliphatic hydroxyl groups excluding tert-OH is 1. The third kappa shape index (κ3) is 2.42. The SMILES string of the molecule is CC1(C)CC[C@]23CO[C@@]4(CCC5[C@@]6(C)CCC(O)C(C)(C)C6CC[C@@]5(C)[C@]4(C)CC2(O)O)C3C1. The fourth-order valence-electron chi connectivity index (χ4n) is 12.1. The van der Waals surface area contributed by atoms with Crippen molar-refractivity contribution in [1.82, 2.24) is 0 Å². The Hall–Kier alpha value is -0.160. The molecule has 194 valence electrons. The van der Waals surface area contributed by atoms with Crippen LogP contribution in [0.5, 0.6) is 0 Å². The Morgan fingerprint density at radius 2 is 1.41 bits per heavy atom. The van der Waals surface area contributed by atoms with E-state index in [2.05, 4.69) is 48.5 Å². The minimum Gasteiger partial charge on any atom is -0.393 e. The molecule has 9 atom stereocenters. The summed E-state index contributed by atoms with van der Waals surface area (Å²) in [4.78, 5) is 0. The summed E-state index contributed by atoms with van der Waals surface area (Å²) in [6.45, 7) is 17.2. The molecular weight excluding hydrogens is 424 g/mol. The van der Waals surface area contributed by atoms with E-state index in [1.165, 1.54) is 6.42 Å². The normalized spacial score (nSPS) is 58.8. The predicted octanol–water partition coefficient (Wildman–Crippen LogP) is 5.67. The van der Waals surface area contributed by atoms with Crippen molar-refractivity contribution < 1.29 is 20.1 Å². The summed E-state index contributed by atoms with van der Waals surface area (Å²) in [5.74, 6) is -0.433. The average Bonchev–Trinajstić information content (AvgIpc) is 3.01. The van der Waals surface area contributed by atoms with Crippen molar-refractivity contribution in [3.63, 3.8) is 0 Å². The predicted molar refractivity (Wildman–Crippen MR) is 133 cm³/mol. The van der Waals surface area contributed by atoms with E-state index in [9.17, 15) is 15.3 Å². The first-order valence-electron chi connectivity index (χ1n) is 14.3. The summed E-state index contributed by atoms with van der Waals surface area (Å²) >= 11 is 0. The van der Waals surface area contributed by atoms with Gasteiger partial charge in [-0.25, -0.2) is 0 Å². The van der Waals surface area contributed by atoms with Crippen LogP contribution in [0.1, 0.15) is 113 Å². The lowest BCUT2D eigenvalue weighted by Gasteiger charge is -2.75. The van der Waals surface area contributed by atoms with Gasteiger partial charge in [0, 0.05) is 17.8 Å². The molecule has 0 aromatic heterocycles. The second kappa shape index (κ2) is 6.45. The molecule has 0 radical (unpaired) electrons. The lowest BCUT2D eigenvalue weighted by atomic mass is 9.30. The minimum absolute atomic E-state index is 0.0102. The molecule has 5 saturated carbocycles. The fraction of sp³-hybridized carbons (Fsp3) is 1.00. The lowest BCUT2D eigenvalue weighted by Crippen LogP contribution is -2.76. The second-order valence-corrected chi connectivity index (χ2v) is 16.1. The van der Waals surface area contributed by atoms with E-state index in [4.69, 9.17) is 4.74 Å². The van der Waals surface area contributed by atoms with Crippen LogP contribution in [0.4, 0.5) is 0 Å². The van der Waals surface area contributed by atoms with Crippen LogP contribution in [-0.4, -0.2) is 39.4 Å². The van der Waals surface area contributed by atoms with Crippen LogP contribution in [-0.2, 0) is 4.74 Å². The Morgan fingerprint density at radius 1 is 0.735 bits per heavy atom. The molecule has 0 aromatic carbocycles. The molecule has 5 aliphatic carbocycles. The second-order valence-electron chi connectivity index (χ2n) is 16.1. The van der Waals surface area contributed by atoms with Crippen molar-refractivity contribution in [2.45, 2.75) is 130 Å². The van der Waals surface area contributed by atoms with Gasteiger partial charge in [-0.15, -0.1) is 0 Å². The third-order valence-electron chi connectivity index (χ3n) is 14.2. The summed E-state index contributed by atoms with van der Waals surface area (Å²) in [5, 5.41) is 34.7. The van der Waals surface area contributed by atoms with Crippen molar-refractivity contribution >= 4 is 0 Å². The van der Waals surface area contributed by atoms with Gasteiger partial charge < -0.3 is 20.1 Å². The van der Waals surface area contributed by atoms with Crippen molar-refractivity contribution in [2.24, 2.45) is 50.2 Å². The minimum atomic E-state index is -1.67. The summed E-state index contributed by atoms with van der Waals surface area (Å²) in [7, 11) is 0. The molecule has 4 heteroatoms. The van der Waals surface area contributed by atoms with Gasteiger partial charge in [0.25, 0.3) is 0 Å². The van der Waals surface area contributed by atoms with E-state index in [1.54, 1.807) is 0 Å². The van der Waals surface area contributed by atoms with Crippen LogP contribution in [0.2, 0.25) is 0 Å². The smallest absolute Gasteiger partial charge is 0.171 e. The molecule has 0 amide bonds. The Balaban J connectivity index is 1.48. The summed E-state index contributed by atoms with van der Waals surface area (Å²) in [6, 6.07) is 0. The molecule has 1 saturated heterocycles. The fourth-order valence-corrected chi connectivity index (χ4v) is 12.1. The van der Waals surface area contributed by atoms with E-state index in [-0.39, 0.29) is 44.7 Å².